The predicted octanol–water partition coefficient (Wildman–Crippen LogP) is -0.197. The highest BCUT2D eigenvalue weighted by Crippen LogP contribution is 2.60. The molecule has 0 aromatic heterocycles. The van der Waals surface area contributed by atoms with E-state index in [4.69, 9.17) is 13.7 Å². The Labute approximate surface area is 106 Å². The fraction of sp³-hybridized carbons (Fsp3) is 0.727. The zero-order chi connectivity index (χ0) is 13.0. The molecule has 0 radical (unpaired) electrons. The number of hydrogen-bond acceptors (Lipinski definition) is 6. The van der Waals surface area contributed by atoms with E-state index in [1.165, 1.54) is 0 Å². The number of rotatable bonds is 4. The number of thiol groups is 1. The lowest BCUT2D eigenvalue weighted by atomic mass is 9.95. The van der Waals surface area contributed by atoms with Crippen molar-refractivity contribution >= 4 is 17.0 Å². The monoisotopic (exact) mass is 274 g/mol. The number of esters is 1. The Bertz CT molecular complexity index is 476. The molecule has 1 aliphatic carbocycles. The molecule has 2 bridgehead atoms. The zero-order valence-corrected chi connectivity index (χ0v) is 10.7. The van der Waals surface area contributed by atoms with Gasteiger partial charge in [-0.05, 0) is 25.2 Å². The minimum atomic E-state index is -2.98. The summed E-state index contributed by atoms with van der Waals surface area (Å²) in [5.41, 5.74) is 0.274. The lowest BCUT2D eigenvalue weighted by Crippen LogP contribution is -2.43. The normalized spacial score (nSPS) is 43.9. The van der Waals surface area contributed by atoms with Crippen molar-refractivity contribution in [3.63, 3.8) is 0 Å². The fourth-order valence-electron chi connectivity index (χ4n) is 2.97. The smallest absolute Gasteiger partial charge is 0.333 e. The van der Waals surface area contributed by atoms with Crippen molar-refractivity contribution in [2.75, 3.05) is 0 Å². The van der Waals surface area contributed by atoms with Crippen LogP contribution >= 0.6 is 0 Å². The van der Waals surface area contributed by atoms with Gasteiger partial charge >= 0.3 is 5.97 Å². The number of ether oxygens (including phenoxy) is 2. The molecule has 0 aromatic carbocycles. The molecule has 1 saturated carbocycles. The van der Waals surface area contributed by atoms with E-state index in [9.17, 15) is 13.2 Å². The summed E-state index contributed by atoms with van der Waals surface area (Å²) in [6.45, 7) is 5.04. The van der Waals surface area contributed by atoms with Crippen molar-refractivity contribution in [2.45, 2.75) is 37.8 Å². The third-order valence-corrected chi connectivity index (χ3v) is 4.24. The van der Waals surface area contributed by atoms with E-state index in [0.717, 1.165) is 6.42 Å². The first-order valence-corrected chi connectivity index (χ1v) is 6.91. The molecular formula is C11H14O6S. The molecule has 6 nitrogen and oxygen atoms in total. The molecule has 2 heterocycles. The quantitative estimate of drug-likeness (QED) is 0.434. The Kier molecular flexibility index (Phi) is 2.72. The van der Waals surface area contributed by atoms with E-state index >= 15 is 0 Å². The summed E-state index contributed by atoms with van der Waals surface area (Å²) in [4.78, 5) is 11.5. The van der Waals surface area contributed by atoms with Gasteiger partial charge in [0.25, 0.3) is 11.0 Å². The summed E-state index contributed by atoms with van der Waals surface area (Å²) in [6.07, 6.45) is -0.857. The zero-order valence-electron chi connectivity index (χ0n) is 9.78. The molecular weight excluding hydrogens is 260 g/mol. The van der Waals surface area contributed by atoms with E-state index < -0.39 is 29.2 Å². The average Bonchev–Trinajstić information content (AvgIpc) is 2.91. The van der Waals surface area contributed by atoms with Gasteiger partial charge in [0, 0.05) is 5.57 Å². The molecule has 100 valence electrons. The van der Waals surface area contributed by atoms with Gasteiger partial charge in [-0.15, -0.1) is 0 Å². The summed E-state index contributed by atoms with van der Waals surface area (Å²) in [5.74, 6) is 0.195. The minimum Gasteiger partial charge on any atom is -0.453 e. The topological polar surface area (TPSA) is 78.9 Å². The molecule has 6 atom stereocenters. The van der Waals surface area contributed by atoms with Crippen LogP contribution in [0.15, 0.2) is 12.2 Å². The van der Waals surface area contributed by atoms with E-state index in [2.05, 4.69) is 6.58 Å². The van der Waals surface area contributed by atoms with E-state index in [1.54, 1.807) is 6.92 Å². The Balaban J connectivity index is 1.77. The second-order valence-electron chi connectivity index (χ2n) is 5.07. The first-order chi connectivity index (χ1) is 8.49. The van der Waals surface area contributed by atoms with Crippen molar-refractivity contribution in [1.29, 1.82) is 0 Å². The van der Waals surface area contributed by atoms with Crippen LogP contribution in [-0.2, 0) is 29.4 Å². The summed E-state index contributed by atoms with van der Waals surface area (Å²) < 4.78 is 37.2. The Morgan fingerprint density at radius 3 is 2.44 bits per heavy atom. The molecule has 3 rings (SSSR count). The van der Waals surface area contributed by atoms with Crippen LogP contribution in [0.2, 0.25) is 0 Å². The standard InChI is InChI=1S/C11H14O6S/c1-4(2)11(12)16-9-7-5-3-6(5)8(15-7)10(9)17-18(13)14/h5-10,18H,1,3H2,2H3. The van der Waals surface area contributed by atoms with Crippen LogP contribution in [0.4, 0.5) is 0 Å². The molecule has 0 amide bonds. The van der Waals surface area contributed by atoms with Gasteiger partial charge in [-0.3, -0.25) is 4.18 Å². The Hall–Kier alpha value is -0.920. The summed E-state index contributed by atoms with van der Waals surface area (Å²) in [6, 6.07) is 0. The van der Waals surface area contributed by atoms with E-state index in [0.29, 0.717) is 11.8 Å². The van der Waals surface area contributed by atoms with Crippen LogP contribution < -0.4 is 0 Å². The van der Waals surface area contributed by atoms with Crippen molar-refractivity contribution in [1.82, 2.24) is 0 Å². The van der Waals surface area contributed by atoms with Crippen LogP contribution in [0.5, 0.6) is 0 Å². The highest BCUT2D eigenvalue weighted by atomic mass is 32.2. The van der Waals surface area contributed by atoms with Crippen molar-refractivity contribution in [3.05, 3.63) is 12.2 Å². The third-order valence-electron chi connectivity index (χ3n) is 3.82. The minimum absolute atomic E-state index is 0.233. The molecule has 6 unspecified atom stereocenters. The summed E-state index contributed by atoms with van der Waals surface area (Å²) >= 11 is 0. The van der Waals surface area contributed by atoms with Crippen LogP contribution in [0.1, 0.15) is 13.3 Å². The van der Waals surface area contributed by atoms with Crippen LogP contribution in [0, 0.1) is 11.8 Å². The SMILES string of the molecule is C=C(C)C(=O)OC1C2OC(C3CC32)C1O[SH](=O)=O. The summed E-state index contributed by atoms with van der Waals surface area (Å²) in [7, 11) is -2.98. The average molecular weight is 274 g/mol. The van der Waals surface area contributed by atoms with Gasteiger partial charge in [0.1, 0.15) is 12.2 Å². The second-order valence-corrected chi connectivity index (χ2v) is 5.73. The highest BCUT2D eigenvalue weighted by molar-refractivity contribution is 7.67. The van der Waals surface area contributed by atoms with Crippen molar-refractivity contribution < 1.29 is 26.9 Å². The molecule has 7 heteroatoms. The van der Waals surface area contributed by atoms with Crippen LogP contribution in [-0.4, -0.2) is 38.8 Å². The molecule has 2 aliphatic heterocycles. The van der Waals surface area contributed by atoms with Gasteiger partial charge in [-0.2, -0.15) is 0 Å². The molecule has 18 heavy (non-hydrogen) atoms. The van der Waals surface area contributed by atoms with E-state index in [1.807, 2.05) is 0 Å². The molecule has 2 saturated heterocycles. The third kappa shape index (κ3) is 1.77. The highest BCUT2D eigenvalue weighted by Gasteiger charge is 2.69. The number of carbonyl (C=O) groups excluding carboxylic acids is 1. The number of carbonyl (C=O) groups is 1. The van der Waals surface area contributed by atoms with Crippen LogP contribution in [0.3, 0.4) is 0 Å². The largest absolute Gasteiger partial charge is 0.453 e. The predicted molar refractivity (Wildman–Crippen MR) is 60.1 cm³/mol. The first-order valence-electron chi connectivity index (χ1n) is 5.82. The molecule has 0 spiro atoms. The maximum absolute atomic E-state index is 11.5. The maximum Gasteiger partial charge on any atom is 0.333 e. The fourth-order valence-corrected chi connectivity index (χ4v) is 3.41. The van der Waals surface area contributed by atoms with Gasteiger partial charge < -0.3 is 9.47 Å². The van der Waals surface area contributed by atoms with Crippen molar-refractivity contribution in [2.24, 2.45) is 11.8 Å². The molecule has 0 N–H and O–H groups in total. The van der Waals surface area contributed by atoms with Gasteiger partial charge in [0.05, 0.1) is 6.10 Å². The maximum atomic E-state index is 11.5. The van der Waals surface area contributed by atoms with Crippen molar-refractivity contribution in [3.8, 4) is 0 Å². The van der Waals surface area contributed by atoms with Gasteiger partial charge in [0.2, 0.25) is 0 Å². The Morgan fingerprint density at radius 1 is 1.28 bits per heavy atom. The lowest BCUT2D eigenvalue weighted by molar-refractivity contribution is -0.150. The molecule has 3 aliphatic rings. The Morgan fingerprint density at radius 2 is 1.89 bits per heavy atom. The number of fused-ring (bicyclic) bond motifs is 5. The van der Waals surface area contributed by atoms with E-state index in [-0.39, 0.29) is 17.8 Å². The second kappa shape index (κ2) is 4.04. The van der Waals surface area contributed by atoms with Gasteiger partial charge in [-0.1, -0.05) is 6.58 Å². The number of hydrogen-bond donors (Lipinski definition) is 1. The molecule has 0 aromatic rings. The first kappa shape index (κ1) is 12.1. The van der Waals surface area contributed by atoms with Crippen LogP contribution in [0.25, 0.3) is 0 Å². The van der Waals surface area contributed by atoms with Gasteiger partial charge in [-0.25, -0.2) is 13.2 Å². The van der Waals surface area contributed by atoms with Gasteiger partial charge in [0.15, 0.2) is 6.10 Å². The molecule has 3 fully saturated rings. The summed E-state index contributed by atoms with van der Waals surface area (Å²) in [5, 5.41) is 0. The lowest BCUT2D eigenvalue weighted by Gasteiger charge is -2.25.